The number of amides is 1. The fraction of sp³-hybridized carbons (Fsp3) is 0.263. The molecule has 0 aliphatic carbocycles. The van der Waals surface area contributed by atoms with Crippen LogP contribution in [-0.2, 0) is 11.2 Å². The summed E-state index contributed by atoms with van der Waals surface area (Å²) in [5.74, 6) is 0.484. The Hall–Kier alpha value is -2.00. The zero-order valence-corrected chi connectivity index (χ0v) is 18.1. The number of rotatable bonds is 7. The lowest BCUT2D eigenvalue weighted by atomic mass is 10.1. The number of anilines is 1. The topological polar surface area (TPSA) is 85.8 Å². The first-order chi connectivity index (χ1) is 12.6. The van der Waals surface area contributed by atoms with Crippen LogP contribution in [0.4, 0.5) is 5.69 Å². The number of halogens is 2. The summed E-state index contributed by atoms with van der Waals surface area (Å²) in [6.45, 7) is 3.29. The van der Waals surface area contributed by atoms with E-state index in [2.05, 4.69) is 20.9 Å². The second kappa shape index (κ2) is 12.4. The molecule has 0 radical (unpaired) electrons. The molecular formula is C19H24ClIN4O2. The van der Waals surface area contributed by atoms with Gasteiger partial charge in [-0.1, -0.05) is 29.8 Å². The summed E-state index contributed by atoms with van der Waals surface area (Å²) in [5.41, 5.74) is 1.67. The Morgan fingerprint density at radius 2 is 1.81 bits per heavy atom. The predicted octanol–water partition coefficient (Wildman–Crippen LogP) is 3.40. The molecule has 0 atom stereocenters. The highest BCUT2D eigenvalue weighted by molar-refractivity contribution is 14.0. The van der Waals surface area contributed by atoms with E-state index < -0.39 is 0 Å². The van der Waals surface area contributed by atoms with Gasteiger partial charge in [0.25, 0.3) is 0 Å². The summed E-state index contributed by atoms with van der Waals surface area (Å²) in [7, 11) is 0. The fourth-order valence-corrected chi connectivity index (χ4v) is 2.48. The zero-order valence-electron chi connectivity index (χ0n) is 15.0. The molecule has 0 aliphatic heterocycles. The second-order valence-corrected chi connectivity index (χ2v) is 5.97. The molecule has 8 heteroatoms. The van der Waals surface area contributed by atoms with Crippen molar-refractivity contribution in [3.05, 3.63) is 59.1 Å². The molecule has 0 saturated heterocycles. The number of benzene rings is 2. The average Bonchev–Trinajstić information content (AvgIpc) is 2.63. The number of aromatic hydroxyl groups is 1. The predicted molar refractivity (Wildman–Crippen MR) is 121 cm³/mol. The van der Waals surface area contributed by atoms with Crippen molar-refractivity contribution in [3.8, 4) is 5.75 Å². The summed E-state index contributed by atoms with van der Waals surface area (Å²) in [6.07, 6.45) is 0.754. The molecule has 4 N–H and O–H groups in total. The SMILES string of the molecule is CCNC(=NCC(=O)Nc1ccc(O)cc1)NCCc1ccccc1Cl.I. The van der Waals surface area contributed by atoms with Crippen molar-refractivity contribution < 1.29 is 9.90 Å². The lowest BCUT2D eigenvalue weighted by molar-refractivity contribution is -0.114. The quantitative estimate of drug-likeness (QED) is 0.202. The fourth-order valence-electron chi connectivity index (χ4n) is 2.25. The van der Waals surface area contributed by atoms with E-state index in [1.165, 1.54) is 12.1 Å². The molecule has 0 saturated carbocycles. The van der Waals surface area contributed by atoms with Crippen molar-refractivity contribution in [2.75, 3.05) is 25.0 Å². The number of guanidine groups is 1. The molecule has 2 aromatic carbocycles. The van der Waals surface area contributed by atoms with Gasteiger partial charge in [-0.25, -0.2) is 4.99 Å². The molecule has 0 aliphatic rings. The van der Waals surface area contributed by atoms with Crippen LogP contribution in [0.3, 0.4) is 0 Å². The maximum absolute atomic E-state index is 12.0. The Balaban J connectivity index is 0.00000364. The van der Waals surface area contributed by atoms with Gasteiger partial charge in [-0.05, 0) is 49.2 Å². The summed E-state index contributed by atoms with van der Waals surface area (Å²) >= 11 is 6.15. The van der Waals surface area contributed by atoms with Gasteiger partial charge in [-0.15, -0.1) is 24.0 Å². The minimum Gasteiger partial charge on any atom is -0.508 e. The molecule has 2 aromatic rings. The summed E-state index contributed by atoms with van der Waals surface area (Å²) in [6, 6.07) is 14.0. The largest absolute Gasteiger partial charge is 0.508 e. The first-order valence-electron chi connectivity index (χ1n) is 8.43. The molecule has 146 valence electrons. The Bertz CT molecular complexity index is 754. The molecule has 6 nitrogen and oxygen atoms in total. The van der Waals surface area contributed by atoms with Crippen LogP contribution < -0.4 is 16.0 Å². The van der Waals surface area contributed by atoms with Crippen LogP contribution >= 0.6 is 35.6 Å². The van der Waals surface area contributed by atoms with E-state index in [0.717, 1.165) is 17.0 Å². The number of phenols is 1. The van der Waals surface area contributed by atoms with Crippen LogP contribution in [0, 0.1) is 0 Å². The molecule has 27 heavy (non-hydrogen) atoms. The third-order valence-electron chi connectivity index (χ3n) is 3.52. The molecule has 0 spiro atoms. The number of hydrogen-bond donors (Lipinski definition) is 4. The van der Waals surface area contributed by atoms with Gasteiger partial charge in [0, 0.05) is 23.8 Å². The van der Waals surface area contributed by atoms with E-state index in [9.17, 15) is 9.90 Å². The second-order valence-electron chi connectivity index (χ2n) is 5.56. The number of carbonyl (C=O) groups excluding carboxylic acids is 1. The highest BCUT2D eigenvalue weighted by Crippen LogP contribution is 2.15. The van der Waals surface area contributed by atoms with Gasteiger partial charge in [-0.2, -0.15) is 0 Å². The molecule has 0 aromatic heterocycles. The van der Waals surface area contributed by atoms with Crippen molar-refractivity contribution in [1.82, 2.24) is 10.6 Å². The smallest absolute Gasteiger partial charge is 0.246 e. The molecule has 0 unspecified atom stereocenters. The van der Waals surface area contributed by atoms with Gasteiger partial charge in [0.15, 0.2) is 5.96 Å². The van der Waals surface area contributed by atoms with Gasteiger partial charge in [0.05, 0.1) is 0 Å². The van der Waals surface area contributed by atoms with E-state index in [4.69, 9.17) is 11.6 Å². The van der Waals surface area contributed by atoms with Gasteiger partial charge in [-0.3, -0.25) is 4.79 Å². The Labute approximate surface area is 181 Å². The highest BCUT2D eigenvalue weighted by Gasteiger charge is 2.04. The van der Waals surface area contributed by atoms with Crippen LogP contribution in [0.5, 0.6) is 5.75 Å². The minimum absolute atomic E-state index is 0. The van der Waals surface area contributed by atoms with Crippen molar-refractivity contribution in [1.29, 1.82) is 0 Å². The highest BCUT2D eigenvalue weighted by atomic mass is 127. The summed E-state index contributed by atoms with van der Waals surface area (Å²) in [4.78, 5) is 16.3. The van der Waals surface area contributed by atoms with Crippen LogP contribution in [0.1, 0.15) is 12.5 Å². The number of hydrogen-bond acceptors (Lipinski definition) is 3. The van der Waals surface area contributed by atoms with E-state index in [1.807, 2.05) is 31.2 Å². The number of phenolic OH excluding ortho intramolecular Hbond substituents is 1. The lowest BCUT2D eigenvalue weighted by Crippen LogP contribution is -2.39. The van der Waals surface area contributed by atoms with E-state index in [-0.39, 0.29) is 42.2 Å². The van der Waals surface area contributed by atoms with Crippen molar-refractivity contribution in [3.63, 3.8) is 0 Å². The molecule has 0 fully saturated rings. The Morgan fingerprint density at radius 1 is 1.11 bits per heavy atom. The van der Waals surface area contributed by atoms with Gasteiger partial charge >= 0.3 is 0 Å². The van der Waals surface area contributed by atoms with Crippen LogP contribution in [0.2, 0.25) is 5.02 Å². The zero-order chi connectivity index (χ0) is 18.8. The summed E-state index contributed by atoms with van der Waals surface area (Å²) in [5, 5.41) is 19.0. The molecular weight excluding hydrogens is 479 g/mol. The lowest BCUT2D eigenvalue weighted by Gasteiger charge is -2.12. The van der Waals surface area contributed by atoms with Crippen LogP contribution in [-0.4, -0.2) is 36.6 Å². The van der Waals surface area contributed by atoms with Gasteiger partial charge < -0.3 is 21.1 Å². The summed E-state index contributed by atoms with van der Waals surface area (Å²) < 4.78 is 0. The molecule has 0 heterocycles. The monoisotopic (exact) mass is 502 g/mol. The van der Waals surface area contributed by atoms with Crippen LogP contribution in [0.25, 0.3) is 0 Å². The van der Waals surface area contributed by atoms with E-state index >= 15 is 0 Å². The average molecular weight is 503 g/mol. The number of carbonyl (C=O) groups is 1. The minimum atomic E-state index is -0.237. The number of nitrogens with one attached hydrogen (secondary N) is 3. The Kier molecular flexibility index (Phi) is 10.6. The third kappa shape index (κ3) is 8.49. The number of aliphatic imine (C=N–C) groups is 1. The van der Waals surface area contributed by atoms with E-state index in [0.29, 0.717) is 24.7 Å². The van der Waals surface area contributed by atoms with Crippen LogP contribution in [0.15, 0.2) is 53.5 Å². The molecule has 1 amide bonds. The maximum atomic E-state index is 12.0. The first-order valence-corrected chi connectivity index (χ1v) is 8.80. The molecule has 2 rings (SSSR count). The number of nitrogens with zero attached hydrogens (tertiary/aromatic N) is 1. The first kappa shape index (κ1) is 23.0. The van der Waals surface area contributed by atoms with Gasteiger partial charge in [0.1, 0.15) is 12.3 Å². The Morgan fingerprint density at radius 3 is 2.48 bits per heavy atom. The van der Waals surface area contributed by atoms with Crippen molar-refractivity contribution >= 4 is 53.1 Å². The molecule has 0 bridgehead atoms. The van der Waals surface area contributed by atoms with E-state index in [1.54, 1.807) is 12.1 Å². The van der Waals surface area contributed by atoms with Gasteiger partial charge in [0.2, 0.25) is 5.91 Å². The standard InChI is InChI=1S/C19H23ClN4O2.HI/c1-2-21-19(22-12-11-14-5-3-4-6-17(14)20)23-13-18(26)24-15-7-9-16(25)10-8-15;/h3-10,25H,2,11-13H2,1H3,(H,24,26)(H2,21,22,23);1H. The third-order valence-corrected chi connectivity index (χ3v) is 3.89. The van der Waals surface area contributed by atoms with Crippen molar-refractivity contribution in [2.24, 2.45) is 4.99 Å². The van der Waals surface area contributed by atoms with Crippen molar-refractivity contribution in [2.45, 2.75) is 13.3 Å². The normalized spacial score (nSPS) is 10.7. The maximum Gasteiger partial charge on any atom is 0.246 e.